The van der Waals surface area contributed by atoms with Gasteiger partial charge in [0, 0.05) is 89.0 Å². The number of hydrogen-bond donors (Lipinski definition) is 6. The summed E-state index contributed by atoms with van der Waals surface area (Å²) in [6, 6.07) is 1.10. The number of Topliss-reactive ketones (excluding diaryl/α,β-unsaturated/α-hetero) is 1. The van der Waals surface area contributed by atoms with Crippen molar-refractivity contribution in [3.8, 4) is 23.0 Å². The first-order valence-electron chi connectivity index (χ1n) is 19.4. The molecule has 1 unspecified atom stereocenters. The fourth-order valence-electron chi connectivity index (χ4n) is 7.62. The maximum absolute atomic E-state index is 14.3. The predicted molar refractivity (Wildman–Crippen MR) is 217 cm³/mol. The van der Waals surface area contributed by atoms with Crippen LogP contribution in [0.15, 0.2) is 47.3 Å². The Balaban J connectivity index is 1.69. The Hall–Kier alpha value is -5.20. The largest absolute Gasteiger partial charge is 0.507 e. The number of phenolic OH excluding ortho intramolecular Hbond substituents is 3. The first kappa shape index (κ1) is 44.9. The molecule has 4 heterocycles. The van der Waals surface area contributed by atoms with Crippen molar-refractivity contribution in [3.63, 3.8) is 0 Å². The number of aliphatic hydroxyl groups is 2. The van der Waals surface area contributed by atoms with E-state index in [1.807, 2.05) is 7.05 Å². The number of methoxy groups -OCH3 is 2. The minimum atomic E-state index is -2.08. The van der Waals surface area contributed by atoms with Gasteiger partial charge in [0.1, 0.15) is 35.6 Å². The average molecular weight is 825 g/mol. The minimum Gasteiger partial charge on any atom is -0.507 e. The summed E-state index contributed by atoms with van der Waals surface area (Å²) in [7, 11) is 4.72. The lowest BCUT2D eigenvalue weighted by molar-refractivity contribution is -0.173. The van der Waals surface area contributed by atoms with Crippen LogP contribution in [0.5, 0.6) is 23.0 Å². The number of ether oxygens (including phenoxy) is 5. The van der Waals surface area contributed by atoms with E-state index in [-0.39, 0.29) is 38.9 Å². The molecule has 1 amide bonds. The molecule has 17 nitrogen and oxygen atoms in total. The van der Waals surface area contributed by atoms with Crippen molar-refractivity contribution in [1.82, 2.24) is 9.91 Å². The second-order valence-corrected chi connectivity index (χ2v) is 15.6. The summed E-state index contributed by atoms with van der Waals surface area (Å²) in [6.07, 6.45) is 3.05. The third-order valence-corrected chi connectivity index (χ3v) is 11.4. The van der Waals surface area contributed by atoms with Crippen LogP contribution in [-0.2, 0) is 28.5 Å². The van der Waals surface area contributed by atoms with Crippen molar-refractivity contribution in [2.24, 2.45) is 22.9 Å². The standard InChI is InChI=1S/C42H56N4O13/c1-21-11-10-12-22(2)41(54)44-33-26(20-43-46-16-14-45(7)15-17-46)36(51)32-30(37(33)52)27(48)19-29-31(32)40(53)42(6,59-29)57-18-13-28(55-8)39(56-9)38(58-25(5)47)24(4)35(50)23(3)34(21)49/h10-13,18-21,23-24,28,34-35,38-39,48-52H,14-17H2,1-9H3,(H,44,54)/b11-10?,18-13-,22-12-,43-20+/t21-,23+,24+,28-,34?,35+,38-,39+,42-/m1/s1. The van der Waals surface area contributed by atoms with Gasteiger partial charge in [-0.15, -0.1) is 0 Å². The van der Waals surface area contributed by atoms with Crippen LogP contribution in [0, 0.1) is 17.8 Å². The molecule has 2 aromatic rings. The Kier molecular flexibility index (Phi) is 14.0. The van der Waals surface area contributed by atoms with Crippen molar-refractivity contribution in [2.45, 2.75) is 77.8 Å². The van der Waals surface area contributed by atoms with E-state index in [9.17, 15) is 39.9 Å². The van der Waals surface area contributed by atoms with E-state index in [4.69, 9.17) is 23.7 Å². The van der Waals surface area contributed by atoms with Gasteiger partial charge in [0.15, 0.2) is 5.75 Å². The maximum Gasteiger partial charge on any atom is 0.312 e. The molecular formula is C42H56N4O13. The summed E-state index contributed by atoms with van der Waals surface area (Å²) in [5.41, 5.74) is -0.487. The minimum absolute atomic E-state index is 0.149. The third kappa shape index (κ3) is 9.18. The Morgan fingerprint density at radius 3 is 2.27 bits per heavy atom. The van der Waals surface area contributed by atoms with E-state index in [2.05, 4.69) is 15.3 Å². The lowest BCUT2D eigenvalue weighted by Crippen LogP contribution is -2.50. The number of aromatic hydroxyl groups is 3. The molecule has 0 spiro atoms. The first-order valence-corrected chi connectivity index (χ1v) is 19.4. The van der Waals surface area contributed by atoms with Gasteiger partial charge >= 0.3 is 11.8 Å². The zero-order chi connectivity index (χ0) is 43.5. The van der Waals surface area contributed by atoms with E-state index in [1.165, 1.54) is 53.4 Å². The van der Waals surface area contributed by atoms with Crippen LogP contribution in [0.3, 0.4) is 0 Å². The maximum atomic E-state index is 14.3. The molecule has 0 saturated carbocycles. The number of aliphatic hydroxyl groups excluding tert-OH is 2. The molecule has 6 N–H and O–H groups in total. The van der Waals surface area contributed by atoms with Gasteiger partial charge in [-0.05, 0) is 20.0 Å². The smallest absolute Gasteiger partial charge is 0.312 e. The fraction of sp³-hybridized carbons (Fsp3) is 0.524. The molecular weight excluding hydrogens is 768 g/mol. The molecule has 4 aliphatic heterocycles. The number of likely N-dealkylation sites (N-methyl/N-ethyl adjacent to an activating group) is 1. The molecule has 17 heteroatoms. The summed E-state index contributed by atoms with van der Waals surface area (Å²) in [5.74, 6) is -8.27. The number of benzene rings is 2. The number of rotatable bonds is 5. The number of nitrogens with zero attached hydrogens (tertiary/aromatic N) is 3. The molecule has 9 atom stereocenters. The number of piperazine rings is 1. The summed E-state index contributed by atoms with van der Waals surface area (Å²) in [4.78, 5) is 42.5. The second-order valence-electron chi connectivity index (χ2n) is 15.6. The number of ketones is 1. The molecule has 4 aliphatic rings. The summed E-state index contributed by atoms with van der Waals surface area (Å²) >= 11 is 0. The molecule has 0 radical (unpaired) electrons. The van der Waals surface area contributed by atoms with Gasteiger partial charge in [-0.1, -0.05) is 39.0 Å². The van der Waals surface area contributed by atoms with Crippen LogP contribution >= 0.6 is 0 Å². The topological polar surface area (TPSA) is 229 Å². The lowest BCUT2D eigenvalue weighted by atomic mass is 9.80. The lowest BCUT2D eigenvalue weighted by Gasteiger charge is -2.38. The molecule has 0 aliphatic carbocycles. The highest BCUT2D eigenvalue weighted by atomic mass is 16.7. The van der Waals surface area contributed by atoms with Crippen LogP contribution in [0.25, 0.3) is 10.8 Å². The number of fused-ring (bicyclic) bond motifs is 14. The van der Waals surface area contributed by atoms with Crippen molar-refractivity contribution in [3.05, 3.63) is 53.3 Å². The van der Waals surface area contributed by atoms with Crippen molar-refractivity contribution < 1.29 is 63.6 Å². The van der Waals surface area contributed by atoms with Crippen molar-refractivity contribution in [2.75, 3.05) is 52.8 Å². The summed E-state index contributed by atoms with van der Waals surface area (Å²) in [6.45, 7) is 11.6. The number of hydrogen-bond acceptors (Lipinski definition) is 16. The van der Waals surface area contributed by atoms with Gasteiger partial charge in [-0.3, -0.25) is 19.4 Å². The predicted octanol–water partition coefficient (Wildman–Crippen LogP) is 3.41. The van der Waals surface area contributed by atoms with E-state index in [0.29, 0.717) is 26.2 Å². The highest BCUT2D eigenvalue weighted by Crippen LogP contribution is 2.53. The second kappa shape index (κ2) is 18.4. The van der Waals surface area contributed by atoms with Gasteiger partial charge in [-0.2, -0.15) is 5.10 Å². The van der Waals surface area contributed by atoms with Crippen LogP contribution in [0.1, 0.15) is 57.5 Å². The number of carbonyl (C=O) groups excluding carboxylic acids is 3. The van der Waals surface area contributed by atoms with Gasteiger partial charge < -0.3 is 59.4 Å². The molecule has 322 valence electrons. The van der Waals surface area contributed by atoms with E-state index in [1.54, 1.807) is 37.9 Å². The SMILES string of the molecule is CO[C@@H]1[C@H](OC(C)=O)[C@@H](C)[C@@H](O)[C@@H](C)C(O)[C@H](C)C=C/C=C(/C)C(=O)Nc2c(/C=N/N3CCN(C)CC3)c(O)c3c4c(cc(O)c3c2O)O[C@@](C)(O/C=C\[C@H]1OC)C4=O. The van der Waals surface area contributed by atoms with Crippen molar-refractivity contribution in [1.29, 1.82) is 0 Å². The Morgan fingerprint density at radius 2 is 1.64 bits per heavy atom. The van der Waals surface area contributed by atoms with Crippen molar-refractivity contribution >= 4 is 40.3 Å². The molecule has 0 aromatic heterocycles. The van der Waals surface area contributed by atoms with Crippen LogP contribution in [0.4, 0.5) is 5.69 Å². The number of phenols is 3. The van der Waals surface area contributed by atoms with Gasteiger partial charge in [-0.25, -0.2) is 0 Å². The summed E-state index contributed by atoms with van der Waals surface area (Å²) < 4.78 is 29.1. The zero-order valence-corrected chi connectivity index (χ0v) is 34.8. The summed E-state index contributed by atoms with van der Waals surface area (Å²) in [5, 5.41) is 66.3. The highest BCUT2D eigenvalue weighted by molar-refractivity contribution is 6.23. The molecule has 1 fully saturated rings. The molecule has 59 heavy (non-hydrogen) atoms. The third-order valence-electron chi connectivity index (χ3n) is 11.4. The quantitative estimate of drug-likeness (QED) is 0.110. The first-order chi connectivity index (χ1) is 27.8. The number of amides is 1. The number of anilines is 1. The molecule has 6 rings (SSSR count). The van der Waals surface area contributed by atoms with Crippen LogP contribution in [-0.4, -0.2) is 143 Å². The highest BCUT2D eigenvalue weighted by Gasteiger charge is 2.49. The van der Waals surface area contributed by atoms with E-state index >= 15 is 0 Å². The molecule has 1 saturated heterocycles. The Bertz CT molecular complexity index is 2040. The number of nitrogens with one attached hydrogen (secondary N) is 1. The monoisotopic (exact) mass is 824 g/mol. The fourth-order valence-corrected chi connectivity index (χ4v) is 7.62. The average Bonchev–Trinajstić information content (AvgIpc) is 3.44. The van der Waals surface area contributed by atoms with Crippen LogP contribution in [0.2, 0.25) is 0 Å². The number of esters is 1. The number of hydrazone groups is 1. The van der Waals surface area contributed by atoms with Crippen LogP contribution < -0.4 is 10.1 Å². The van der Waals surface area contributed by atoms with E-state index < -0.39 is 89.0 Å². The number of allylic oxidation sites excluding steroid dienone is 2. The molecule has 2 aromatic carbocycles. The van der Waals surface area contributed by atoms with Gasteiger partial charge in [0.25, 0.3) is 11.7 Å². The van der Waals surface area contributed by atoms with E-state index in [0.717, 1.165) is 12.3 Å². The normalized spacial score (nSPS) is 31.5. The molecule has 5 bridgehead atoms. The zero-order valence-electron chi connectivity index (χ0n) is 34.8. The number of carbonyl (C=O) groups is 3. The Labute approximate surface area is 343 Å². The Morgan fingerprint density at radius 1 is 0.966 bits per heavy atom. The van der Waals surface area contributed by atoms with Gasteiger partial charge in [0.2, 0.25) is 0 Å². The van der Waals surface area contributed by atoms with Gasteiger partial charge in [0.05, 0.1) is 46.9 Å².